The molecule has 0 amide bonds. The van der Waals surface area contributed by atoms with Gasteiger partial charge in [-0.1, -0.05) is 0 Å². The van der Waals surface area contributed by atoms with Crippen molar-refractivity contribution in [2.24, 2.45) is 5.73 Å². The number of hydrogen-bond acceptors (Lipinski definition) is 9. The molecule has 0 radical (unpaired) electrons. The van der Waals surface area contributed by atoms with Gasteiger partial charge in [0.15, 0.2) is 23.1 Å². The fourth-order valence-electron chi connectivity index (χ4n) is 5.45. The highest BCUT2D eigenvalue weighted by atomic mass is 16.5. The van der Waals surface area contributed by atoms with E-state index < -0.39 is 0 Å². The summed E-state index contributed by atoms with van der Waals surface area (Å²) in [6.07, 6.45) is 6.99. The summed E-state index contributed by atoms with van der Waals surface area (Å²) in [6.45, 7) is 8.90. The van der Waals surface area contributed by atoms with Crippen molar-refractivity contribution >= 4 is 17.3 Å². The Morgan fingerprint density at radius 3 is 2.57 bits per heavy atom. The first-order valence-electron chi connectivity index (χ1n) is 13.7. The third-order valence-corrected chi connectivity index (χ3v) is 7.66. The summed E-state index contributed by atoms with van der Waals surface area (Å²) in [5.41, 5.74) is 6.66. The van der Waals surface area contributed by atoms with E-state index in [2.05, 4.69) is 25.4 Å². The molecule has 0 saturated carbocycles. The molecule has 4 N–H and O–H groups in total. The van der Waals surface area contributed by atoms with Gasteiger partial charge in [-0.05, 0) is 69.9 Å². The number of unbranched alkanes of at least 4 members (excludes halogenated alkanes) is 1. The molecule has 2 aromatic rings. The van der Waals surface area contributed by atoms with Gasteiger partial charge in [-0.25, -0.2) is 4.79 Å². The van der Waals surface area contributed by atoms with Gasteiger partial charge in [0.25, 0.3) is 0 Å². The van der Waals surface area contributed by atoms with Crippen LogP contribution in [0.25, 0.3) is 0 Å². The van der Waals surface area contributed by atoms with Crippen LogP contribution in [0.15, 0.2) is 29.2 Å². The fraction of sp³-hybridized carbons (Fsp3) is 0.593. The maximum absolute atomic E-state index is 12.9. The standard InChI is InChI=1S/C27H39N7O3/c28-9-3-13-32-14-7-21(8-15-32)34-19-25-26(31-27(34)36)30-22-18-20(5-6-24(22)37-25)23(35)4-1-2-12-33-16-10-29-11-17-33/h5-6,18-19,21,29H,1-4,7-17,28H2,(H,30,31,36). The monoisotopic (exact) mass is 509 g/mol. The quantitative estimate of drug-likeness (QED) is 0.280. The second-order valence-corrected chi connectivity index (χ2v) is 10.3. The van der Waals surface area contributed by atoms with Crippen molar-refractivity contribution in [3.8, 4) is 11.5 Å². The molecular formula is C27H39N7O3. The molecule has 37 heavy (non-hydrogen) atoms. The molecule has 4 heterocycles. The summed E-state index contributed by atoms with van der Waals surface area (Å²) < 4.78 is 7.82. The second kappa shape index (κ2) is 12.2. The average molecular weight is 510 g/mol. The van der Waals surface area contributed by atoms with Crippen LogP contribution in [-0.4, -0.2) is 84.0 Å². The topological polar surface area (TPSA) is 118 Å². The molecule has 5 rings (SSSR count). The predicted octanol–water partition coefficient (Wildman–Crippen LogP) is 2.34. The minimum absolute atomic E-state index is 0.107. The lowest BCUT2D eigenvalue weighted by Crippen LogP contribution is -2.43. The molecule has 0 atom stereocenters. The summed E-state index contributed by atoms with van der Waals surface area (Å²) in [7, 11) is 0. The van der Waals surface area contributed by atoms with Crippen molar-refractivity contribution in [1.29, 1.82) is 0 Å². The molecule has 0 aliphatic carbocycles. The van der Waals surface area contributed by atoms with Gasteiger partial charge < -0.3 is 30.9 Å². The number of anilines is 2. The molecular weight excluding hydrogens is 470 g/mol. The van der Waals surface area contributed by atoms with Crippen molar-refractivity contribution in [2.45, 2.75) is 44.6 Å². The van der Waals surface area contributed by atoms with E-state index in [9.17, 15) is 9.59 Å². The molecule has 2 saturated heterocycles. The van der Waals surface area contributed by atoms with E-state index in [1.807, 2.05) is 12.1 Å². The van der Waals surface area contributed by atoms with E-state index >= 15 is 0 Å². The van der Waals surface area contributed by atoms with Crippen molar-refractivity contribution in [2.75, 3.05) is 64.2 Å². The van der Waals surface area contributed by atoms with Gasteiger partial charge in [-0.15, -0.1) is 0 Å². The summed E-state index contributed by atoms with van der Waals surface area (Å²) in [5.74, 6) is 1.68. The minimum atomic E-state index is -0.282. The Morgan fingerprint density at radius 1 is 1.03 bits per heavy atom. The Bertz CT molecular complexity index is 1140. The molecule has 1 aromatic carbocycles. The molecule has 10 heteroatoms. The Hall–Kier alpha value is -2.79. The maximum Gasteiger partial charge on any atom is 0.350 e. The van der Waals surface area contributed by atoms with Gasteiger partial charge in [0.05, 0.1) is 11.9 Å². The number of aromatic nitrogens is 2. The molecule has 200 valence electrons. The maximum atomic E-state index is 12.9. The zero-order chi connectivity index (χ0) is 25.6. The number of carbonyl (C=O) groups excluding carboxylic acids is 1. The predicted molar refractivity (Wildman–Crippen MR) is 144 cm³/mol. The number of rotatable bonds is 10. The summed E-state index contributed by atoms with van der Waals surface area (Å²) >= 11 is 0. The number of nitrogens with zero attached hydrogens (tertiary/aromatic N) is 4. The highest BCUT2D eigenvalue weighted by Gasteiger charge is 2.25. The average Bonchev–Trinajstić information content (AvgIpc) is 2.93. The number of piperazine rings is 1. The Labute approximate surface area is 218 Å². The highest BCUT2D eigenvalue weighted by Crippen LogP contribution is 2.41. The minimum Gasteiger partial charge on any atom is -0.450 e. The number of fused-ring (bicyclic) bond motifs is 2. The number of nitrogens with two attached hydrogens (primary N) is 1. The van der Waals surface area contributed by atoms with Crippen LogP contribution < -0.4 is 26.8 Å². The van der Waals surface area contributed by atoms with Crippen LogP contribution in [0, 0.1) is 0 Å². The third-order valence-electron chi connectivity index (χ3n) is 7.66. The first kappa shape index (κ1) is 25.8. The van der Waals surface area contributed by atoms with Crippen LogP contribution in [-0.2, 0) is 0 Å². The SMILES string of the molecule is NCCCN1CCC(n2cc3c(nc2=O)Nc2cc(C(=O)CCCCN4CCNCC4)ccc2O3)CC1. The van der Waals surface area contributed by atoms with Gasteiger partial charge >= 0.3 is 5.69 Å². The number of ether oxygens (including phenoxy) is 1. The first-order chi connectivity index (χ1) is 18.1. The lowest BCUT2D eigenvalue weighted by Gasteiger charge is -2.33. The van der Waals surface area contributed by atoms with Gasteiger partial charge in [0.1, 0.15) is 0 Å². The number of hydrogen-bond donors (Lipinski definition) is 3. The largest absolute Gasteiger partial charge is 0.450 e. The normalized spacial score (nSPS) is 18.5. The smallest absolute Gasteiger partial charge is 0.350 e. The van der Waals surface area contributed by atoms with Gasteiger partial charge in [0.2, 0.25) is 0 Å². The Balaban J connectivity index is 1.18. The molecule has 2 fully saturated rings. The number of benzene rings is 1. The van der Waals surface area contributed by atoms with Gasteiger partial charge in [-0.2, -0.15) is 4.98 Å². The second-order valence-electron chi connectivity index (χ2n) is 10.3. The van der Waals surface area contributed by atoms with E-state index in [1.54, 1.807) is 16.8 Å². The number of piperidine rings is 1. The van der Waals surface area contributed by atoms with E-state index in [0.717, 1.165) is 84.5 Å². The molecule has 0 unspecified atom stereocenters. The van der Waals surface area contributed by atoms with Crippen LogP contribution >= 0.6 is 0 Å². The van der Waals surface area contributed by atoms with Gasteiger partial charge in [-0.3, -0.25) is 9.36 Å². The van der Waals surface area contributed by atoms with E-state index in [0.29, 0.717) is 41.5 Å². The van der Waals surface area contributed by atoms with E-state index in [1.165, 1.54) is 0 Å². The van der Waals surface area contributed by atoms with Crippen LogP contribution in [0.1, 0.15) is 54.9 Å². The first-order valence-corrected chi connectivity index (χ1v) is 13.7. The fourth-order valence-corrected chi connectivity index (χ4v) is 5.45. The van der Waals surface area contributed by atoms with Crippen molar-refractivity contribution < 1.29 is 9.53 Å². The Morgan fingerprint density at radius 2 is 1.78 bits per heavy atom. The molecule has 3 aliphatic rings. The number of nitrogens with one attached hydrogen (secondary N) is 2. The van der Waals surface area contributed by atoms with E-state index in [-0.39, 0.29) is 17.5 Å². The van der Waals surface area contributed by atoms with Crippen LogP contribution in [0.3, 0.4) is 0 Å². The highest BCUT2D eigenvalue weighted by molar-refractivity contribution is 5.97. The van der Waals surface area contributed by atoms with Crippen LogP contribution in [0.4, 0.5) is 11.5 Å². The van der Waals surface area contributed by atoms with Crippen LogP contribution in [0.5, 0.6) is 11.5 Å². The zero-order valence-corrected chi connectivity index (χ0v) is 21.6. The molecule has 3 aliphatic heterocycles. The summed E-state index contributed by atoms with van der Waals surface area (Å²) in [6, 6.07) is 5.56. The molecule has 0 spiro atoms. The van der Waals surface area contributed by atoms with Crippen LogP contribution in [0.2, 0.25) is 0 Å². The third kappa shape index (κ3) is 6.38. The number of ketones is 1. The summed E-state index contributed by atoms with van der Waals surface area (Å²) in [5, 5.41) is 6.58. The van der Waals surface area contributed by atoms with Crippen molar-refractivity contribution in [3.63, 3.8) is 0 Å². The van der Waals surface area contributed by atoms with Gasteiger partial charge in [0, 0.05) is 57.3 Å². The van der Waals surface area contributed by atoms with Crippen molar-refractivity contribution in [3.05, 3.63) is 40.4 Å². The number of likely N-dealkylation sites (tertiary alicyclic amines) is 1. The lowest BCUT2D eigenvalue weighted by molar-refractivity contribution is 0.0977. The lowest BCUT2D eigenvalue weighted by atomic mass is 10.0. The van der Waals surface area contributed by atoms with Crippen molar-refractivity contribution in [1.82, 2.24) is 24.7 Å². The van der Waals surface area contributed by atoms with E-state index in [4.69, 9.17) is 10.5 Å². The number of Topliss-reactive ketones (excluding diaryl/α,β-unsaturated/α-hetero) is 1. The summed E-state index contributed by atoms with van der Waals surface area (Å²) in [4.78, 5) is 34.8. The Kier molecular flexibility index (Phi) is 8.50. The number of carbonyl (C=O) groups is 1. The molecule has 10 nitrogen and oxygen atoms in total. The molecule has 0 bridgehead atoms. The zero-order valence-electron chi connectivity index (χ0n) is 21.6. The molecule has 1 aromatic heterocycles.